The number of ether oxygens (including phenoxy) is 2. The summed E-state index contributed by atoms with van der Waals surface area (Å²) in [6, 6.07) is 15.1. The molecule has 0 aromatic heterocycles. The Balaban J connectivity index is 1.60. The average Bonchev–Trinajstić information content (AvgIpc) is 2.69. The van der Waals surface area contributed by atoms with E-state index in [0.717, 1.165) is 22.6 Å². The molecule has 1 aliphatic heterocycles. The summed E-state index contributed by atoms with van der Waals surface area (Å²) < 4.78 is 37.7. The summed E-state index contributed by atoms with van der Waals surface area (Å²) >= 11 is 0. The highest BCUT2D eigenvalue weighted by Crippen LogP contribution is 2.26. The summed E-state index contributed by atoms with van der Waals surface area (Å²) in [7, 11) is -0.00117. The Morgan fingerprint density at radius 3 is 2.26 bits per heavy atom. The molecule has 1 heterocycles. The van der Waals surface area contributed by atoms with Gasteiger partial charge in [-0.05, 0) is 23.8 Å². The Hall–Kier alpha value is -2.09. The lowest BCUT2D eigenvalue weighted by Crippen LogP contribution is -2.48. The minimum atomic E-state index is -3.29. The van der Waals surface area contributed by atoms with E-state index in [1.165, 1.54) is 0 Å². The van der Waals surface area contributed by atoms with E-state index in [1.54, 1.807) is 18.5 Å². The smallest absolute Gasteiger partial charge is 0.218 e. The van der Waals surface area contributed by atoms with Crippen molar-refractivity contribution in [3.63, 3.8) is 0 Å². The molecule has 0 amide bonds. The number of hydrogen-bond donors (Lipinski definition) is 0. The molecule has 0 aliphatic carbocycles. The molecule has 0 saturated carbocycles. The second kappa shape index (κ2) is 8.73. The Labute approximate surface area is 161 Å². The van der Waals surface area contributed by atoms with Crippen molar-refractivity contribution in [1.29, 1.82) is 0 Å². The van der Waals surface area contributed by atoms with Crippen LogP contribution in [0, 0.1) is 0 Å². The summed E-state index contributed by atoms with van der Waals surface area (Å²) in [4.78, 5) is 2.24. The molecule has 6 nitrogen and oxygen atoms in total. The van der Waals surface area contributed by atoms with Crippen molar-refractivity contribution in [2.75, 3.05) is 40.4 Å². The van der Waals surface area contributed by atoms with Gasteiger partial charge in [-0.25, -0.2) is 8.42 Å². The van der Waals surface area contributed by atoms with E-state index < -0.39 is 10.0 Å². The quantitative estimate of drug-likeness (QED) is 0.726. The molecule has 27 heavy (non-hydrogen) atoms. The molecular formula is C20H26N2O4S. The lowest BCUT2D eigenvalue weighted by Gasteiger charge is -2.34. The summed E-state index contributed by atoms with van der Waals surface area (Å²) in [6.45, 7) is 3.08. The molecule has 2 aromatic carbocycles. The number of benzene rings is 2. The van der Waals surface area contributed by atoms with E-state index in [0.29, 0.717) is 32.7 Å². The van der Waals surface area contributed by atoms with Crippen LogP contribution in [0.3, 0.4) is 0 Å². The molecule has 0 spiro atoms. The van der Waals surface area contributed by atoms with Gasteiger partial charge in [0.05, 0.1) is 20.0 Å². The first-order chi connectivity index (χ1) is 13.0. The van der Waals surface area contributed by atoms with Crippen LogP contribution in [0.4, 0.5) is 0 Å². The Kier molecular flexibility index (Phi) is 6.36. The number of sulfonamides is 1. The zero-order chi connectivity index (χ0) is 19.3. The standard InChI is InChI=1S/C20H26N2O4S/c1-25-19-8-9-20(26-2)18(14-19)15-21-10-12-22(13-11-21)27(23,24)16-17-6-4-3-5-7-17/h3-9,14H,10-13,15-16H2,1-2H3. The van der Waals surface area contributed by atoms with Gasteiger partial charge in [-0.15, -0.1) is 0 Å². The molecule has 0 atom stereocenters. The van der Waals surface area contributed by atoms with E-state index in [-0.39, 0.29) is 5.75 Å². The summed E-state index contributed by atoms with van der Waals surface area (Å²) in [5.41, 5.74) is 1.86. The molecule has 0 N–H and O–H groups in total. The summed E-state index contributed by atoms with van der Waals surface area (Å²) in [6.07, 6.45) is 0. The number of methoxy groups -OCH3 is 2. The summed E-state index contributed by atoms with van der Waals surface area (Å²) in [5, 5.41) is 0. The van der Waals surface area contributed by atoms with Crippen molar-refractivity contribution >= 4 is 10.0 Å². The Bertz CT molecular complexity index is 848. The van der Waals surface area contributed by atoms with Crippen LogP contribution in [0.1, 0.15) is 11.1 Å². The van der Waals surface area contributed by atoms with Crippen molar-refractivity contribution in [2.24, 2.45) is 0 Å². The van der Waals surface area contributed by atoms with Gasteiger partial charge in [0, 0.05) is 38.3 Å². The van der Waals surface area contributed by atoms with Crippen LogP contribution in [-0.4, -0.2) is 58.0 Å². The second-order valence-electron chi connectivity index (χ2n) is 6.59. The molecule has 7 heteroatoms. The molecule has 1 aliphatic rings. The molecule has 1 saturated heterocycles. The predicted octanol–water partition coefficient (Wildman–Crippen LogP) is 2.35. The fourth-order valence-electron chi connectivity index (χ4n) is 3.29. The monoisotopic (exact) mass is 390 g/mol. The molecule has 1 fully saturated rings. The highest BCUT2D eigenvalue weighted by molar-refractivity contribution is 7.88. The van der Waals surface area contributed by atoms with E-state index in [2.05, 4.69) is 4.90 Å². The minimum absolute atomic E-state index is 0.0531. The van der Waals surface area contributed by atoms with Gasteiger partial charge in [-0.3, -0.25) is 4.90 Å². The minimum Gasteiger partial charge on any atom is -0.497 e. The number of rotatable bonds is 7. The fraction of sp³-hybridized carbons (Fsp3) is 0.400. The molecule has 0 bridgehead atoms. The number of piperazine rings is 1. The normalized spacial score (nSPS) is 16.2. The molecule has 0 unspecified atom stereocenters. The number of nitrogens with zero attached hydrogens (tertiary/aromatic N) is 2. The van der Waals surface area contributed by atoms with Crippen molar-refractivity contribution in [2.45, 2.75) is 12.3 Å². The SMILES string of the molecule is COc1ccc(OC)c(CN2CCN(S(=O)(=O)Cc3ccccc3)CC2)c1. The van der Waals surface area contributed by atoms with Gasteiger partial charge < -0.3 is 9.47 Å². The fourth-order valence-corrected chi connectivity index (χ4v) is 4.80. The molecule has 3 rings (SSSR count). The van der Waals surface area contributed by atoms with E-state index in [1.807, 2.05) is 48.5 Å². The van der Waals surface area contributed by atoms with Crippen molar-refractivity contribution in [3.8, 4) is 11.5 Å². The topological polar surface area (TPSA) is 59.1 Å². The largest absolute Gasteiger partial charge is 0.497 e. The van der Waals surface area contributed by atoms with Crippen molar-refractivity contribution < 1.29 is 17.9 Å². The van der Waals surface area contributed by atoms with Crippen LogP contribution in [-0.2, 0) is 22.3 Å². The second-order valence-corrected chi connectivity index (χ2v) is 8.56. The molecule has 146 valence electrons. The van der Waals surface area contributed by atoms with Crippen LogP contribution in [0.25, 0.3) is 0 Å². The molecule has 2 aromatic rings. The van der Waals surface area contributed by atoms with Gasteiger partial charge in [-0.1, -0.05) is 30.3 Å². The first kappa shape index (κ1) is 19.7. The maximum absolute atomic E-state index is 12.7. The first-order valence-corrected chi connectivity index (χ1v) is 10.6. The third kappa shape index (κ3) is 5.00. The highest BCUT2D eigenvalue weighted by atomic mass is 32.2. The van der Waals surface area contributed by atoms with Crippen molar-refractivity contribution in [1.82, 2.24) is 9.21 Å². The average molecular weight is 391 g/mol. The van der Waals surface area contributed by atoms with Crippen LogP contribution in [0.5, 0.6) is 11.5 Å². The first-order valence-electron chi connectivity index (χ1n) is 8.97. The highest BCUT2D eigenvalue weighted by Gasteiger charge is 2.27. The Morgan fingerprint density at radius 1 is 0.926 bits per heavy atom. The van der Waals surface area contributed by atoms with Gasteiger partial charge in [0.2, 0.25) is 10.0 Å². The zero-order valence-corrected chi connectivity index (χ0v) is 16.6. The van der Waals surface area contributed by atoms with E-state index >= 15 is 0 Å². The van der Waals surface area contributed by atoms with E-state index in [4.69, 9.17) is 9.47 Å². The lowest BCUT2D eigenvalue weighted by molar-refractivity contribution is 0.179. The van der Waals surface area contributed by atoms with Gasteiger partial charge in [0.15, 0.2) is 0 Å². The predicted molar refractivity (Wildman–Crippen MR) is 105 cm³/mol. The zero-order valence-electron chi connectivity index (χ0n) is 15.8. The Morgan fingerprint density at radius 2 is 1.63 bits per heavy atom. The maximum Gasteiger partial charge on any atom is 0.218 e. The van der Waals surface area contributed by atoms with Gasteiger partial charge >= 0.3 is 0 Å². The van der Waals surface area contributed by atoms with Crippen molar-refractivity contribution in [3.05, 3.63) is 59.7 Å². The third-order valence-corrected chi connectivity index (χ3v) is 6.65. The molecule has 0 radical (unpaired) electrons. The van der Waals surface area contributed by atoms with Gasteiger partial charge in [0.25, 0.3) is 0 Å². The van der Waals surface area contributed by atoms with E-state index in [9.17, 15) is 8.42 Å². The van der Waals surface area contributed by atoms with Gasteiger partial charge in [-0.2, -0.15) is 4.31 Å². The number of hydrogen-bond acceptors (Lipinski definition) is 5. The van der Waals surface area contributed by atoms with Crippen LogP contribution in [0.2, 0.25) is 0 Å². The lowest BCUT2D eigenvalue weighted by atomic mass is 10.1. The van der Waals surface area contributed by atoms with Crippen LogP contribution >= 0.6 is 0 Å². The maximum atomic E-state index is 12.7. The van der Waals surface area contributed by atoms with Crippen LogP contribution in [0.15, 0.2) is 48.5 Å². The van der Waals surface area contributed by atoms with Crippen LogP contribution < -0.4 is 9.47 Å². The molecular weight excluding hydrogens is 364 g/mol. The van der Waals surface area contributed by atoms with Gasteiger partial charge in [0.1, 0.15) is 11.5 Å². The third-order valence-electron chi connectivity index (χ3n) is 4.80. The summed E-state index contributed by atoms with van der Waals surface area (Å²) in [5.74, 6) is 1.65.